The summed E-state index contributed by atoms with van der Waals surface area (Å²) in [5.74, 6) is 1.03. The maximum Gasteiger partial charge on any atom is 0.280 e. The van der Waals surface area contributed by atoms with Crippen molar-refractivity contribution in [1.29, 1.82) is 0 Å². The third kappa shape index (κ3) is 2.06. The van der Waals surface area contributed by atoms with Gasteiger partial charge in [-0.2, -0.15) is 4.98 Å². The molecule has 0 atom stereocenters. The van der Waals surface area contributed by atoms with Gasteiger partial charge in [0, 0.05) is 20.2 Å². The van der Waals surface area contributed by atoms with Crippen LogP contribution in [0.5, 0.6) is 0 Å². The topological polar surface area (TPSA) is 90.9 Å². The van der Waals surface area contributed by atoms with E-state index in [1.54, 1.807) is 7.11 Å². The fraction of sp³-hybridized carbons (Fsp3) is 0.692. The van der Waals surface area contributed by atoms with Crippen LogP contribution in [0.2, 0.25) is 0 Å². The predicted octanol–water partition coefficient (Wildman–Crippen LogP) is 0.888. The van der Waals surface area contributed by atoms with Gasteiger partial charge in [-0.05, 0) is 25.7 Å². The van der Waals surface area contributed by atoms with E-state index in [0.717, 1.165) is 38.8 Å². The minimum atomic E-state index is -0.393. The van der Waals surface area contributed by atoms with Crippen LogP contribution in [0, 0.1) is 0 Å². The van der Waals surface area contributed by atoms with Crippen molar-refractivity contribution in [1.82, 2.24) is 30.5 Å². The van der Waals surface area contributed by atoms with Gasteiger partial charge < -0.3 is 14.6 Å². The molecule has 8 nitrogen and oxygen atoms in total. The zero-order valence-electron chi connectivity index (χ0n) is 11.9. The number of rotatable bonds is 4. The number of hydrogen-bond donors (Lipinski definition) is 1. The molecular formula is C13H18N6O2. The zero-order chi connectivity index (χ0) is 14.3. The average molecular weight is 290 g/mol. The van der Waals surface area contributed by atoms with E-state index in [9.17, 15) is 0 Å². The van der Waals surface area contributed by atoms with Crippen LogP contribution in [-0.4, -0.2) is 45.3 Å². The zero-order valence-corrected chi connectivity index (χ0v) is 11.9. The van der Waals surface area contributed by atoms with Crippen LogP contribution in [0.15, 0.2) is 10.7 Å². The molecular weight excluding hydrogens is 272 g/mol. The molecule has 2 aromatic rings. The molecule has 0 radical (unpaired) electrons. The summed E-state index contributed by atoms with van der Waals surface area (Å²) in [4.78, 5) is 4.49. The van der Waals surface area contributed by atoms with Crippen molar-refractivity contribution >= 4 is 0 Å². The predicted molar refractivity (Wildman–Crippen MR) is 72.4 cm³/mol. The lowest BCUT2D eigenvalue weighted by atomic mass is 10.0. The highest BCUT2D eigenvalue weighted by atomic mass is 16.5. The lowest BCUT2D eigenvalue weighted by Crippen LogP contribution is -2.43. The minimum absolute atomic E-state index is 0.369. The summed E-state index contributed by atoms with van der Waals surface area (Å²) in [7, 11) is 1.71. The Morgan fingerprint density at radius 2 is 2.19 bits per heavy atom. The Balaban J connectivity index is 1.60. The first-order chi connectivity index (χ1) is 10.3. The lowest BCUT2D eigenvalue weighted by Gasteiger charge is -2.26. The monoisotopic (exact) mass is 290 g/mol. The van der Waals surface area contributed by atoms with Crippen LogP contribution in [0.25, 0.3) is 11.6 Å². The molecule has 0 amide bonds. The van der Waals surface area contributed by atoms with Crippen LogP contribution in [0.1, 0.15) is 37.5 Å². The van der Waals surface area contributed by atoms with Gasteiger partial charge in [0.05, 0.1) is 12.2 Å². The van der Waals surface area contributed by atoms with E-state index in [4.69, 9.17) is 9.26 Å². The number of methoxy groups -OCH3 is 1. The summed E-state index contributed by atoms with van der Waals surface area (Å²) in [6.07, 6.45) is 5.98. The molecule has 0 spiro atoms. The highest BCUT2D eigenvalue weighted by Crippen LogP contribution is 2.40. The van der Waals surface area contributed by atoms with Crippen LogP contribution in [0.4, 0.5) is 0 Å². The second-order valence-electron chi connectivity index (χ2n) is 5.72. The number of nitrogens with zero attached hydrogens (tertiary/aromatic N) is 5. The average Bonchev–Trinajstić information content (AvgIpc) is 3.17. The van der Waals surface area contributed by atoms with Gasteiger partial charge in [-0.3, -0.25) is 0 Å². The number of nitrogens with one attached hydrogen (secondary N) is 1. The standard InChI is InChI=1S/C13H18N6O2/c1-20-13(4-2-3-5-13)12-15-11(21-17-12)10-8-19(18-16-10)9-6-14-7-9/h8-9,14H,2-7H2,1H3. The van der Waals surface area contributed by atoms with Crippen molar-refractivity contribution < 1.29 is 9.26 Å². The molecule has 112 valence electrons. The van der Waals surface area contributed by atoms with Gasteiger partial charge in [0.25, 0.3) is 5.89 Å². The Bertz CT molecular complexity index is 626. The van der Waals surface area contributed by atoms with Gasteiger partial charge in [-0.15, -0.1) is 5.10 Å². The number of aromatic nitrogens is 5. The molecule has 3 heterocycles. The summed E-state index contributed by atoms with van der Waals surface area (Å²) in [5.41, 5.74) is 0.222. The molecule has 0 unspecified atom stereocenters. The van der Waals surface area contributed by atoms with Crippen LogP contribution in [-0.2, 0) is 10.3 Å². The summed E-state index contributed by atoms with van der Waals surface area (Å²) in [6.45, 7) is 1.84. The Morgan fingerprint density at radius 1 is 1.38 bits per heavy atom. The molecule has 0 bridgehead atoms. The van der Waals surface area contributed by atoms with Crippen molar-refractivity contribution in [3.63, 3.8) is 0 Å². The van der Waals surface area contributed by atoms with Crippen molar-refractivity contribution in [2.75, 3.05) is 20.2 Å². The second-order valence-corrected chi connectivity index (χ2v) is 5.72. The minimum Gasteiger partial charge on any atom is -0.370 e. The Morgan fingerprint density at radius 3 is 2.86 bits per heavy atom. The van der Waals surface area contributed by atoms with Gasteiger partial charge in [-0.25, -0.2) is 4.68 Å². The van der Waals surface area contributed by atoms with Crippen molar-refractivity contribution in [2.24, 2.45) is 0 Å². The third-order valence-electron chi connectivity index (χ3n) is 4.50. The Labute approximate surface area is 121 Å². The number of hydrogen-bond acceptors (Lipinski definition) is 7. The summed E-state index contributed by atoms with van der Waals surface area (Å²) < 4.78 is 12.9. The summed E-state index contributed by atoms with van der Waals surface area (Å²) >= 11 is 0. The van der Waals surface area contributed by atoms with Gasteiger partial charge in [0.1, 0.15) is 5.60 Å². The first-order valence-corrected chi connectivity index (χ1v) is 7.33. The SMILES string of the molecule is COC1(c2noc(-c3cn(C4CNC4)nn3)n2)CCCC1. The maximum atomic E-state index is 5.67. The molecule has 1 saturated heterocycles. The first-order valence-electron chi connectivity index (χ1n) is 7.33. The van der Waals surface area contributed by atoms with E-state index < -0.39 is 5.60 Å². The highest BCUT2D eigenvalue weighted by Gasteiger charge is 2.40. The van der Waals surface area contributed by atoms with Gasteiger partial charge >= 0.3 is 0 Å². The molecule has 1 N–H and O–H groups in total. The first kappa shape index (κ1) is 12.9. The fourth-order valence-electron chi connectivity index (χ4n) is 2.99. The van der Waals surface area contributed by atoms with Gasteiger partial charge in [0.15, 0.2) is 5.69 Å². The fourth-order valence-corrected chi connectivity index (χ4v) is 2.99. The molecule has 1 aliphatic carbocycles. The van der Waals surface area contributed by atoms with Gasteiger partial charge in [0.2, 0.25) is 5.82 Å². The van der Waals surface area contributed by atoms with E-state index >= 15 is 0 Å². The van der Waals surface area contributed by atoms with Gasteiger partial charge in [-0.1, -0.05) is 10.4 Å². The second kappa shape index (κ2) is 4.88. The van der Waals surface area contributed by atoms with E-state index in [1.165, 1.54) is 0 Å². The third-order valence-corrected chi connectivity index (χ3v) is 4.50. The molecule has 2 aromatic heterocycles. The normalized spacial score (nSPS) is 21.6. The van der Waals surface area contributed by atoms with E-state index in [2.05, 4.69) is 25.8 Å². The van der Waals surface area contributed by atoms with E-state index in [0.29, 0.717) is 23.5 Å². The largest absolute Gasteiger partial charge is 0.370 e. The van der Waals surface area contributed by atoms with Crippen LogP contribution in [0.3, 0.4) is 0 Å². The van der Waals surface area contributed by atoms with E-state index in [-0.39, 0.29) is 0 Å². The van der Waals surface area contributed by atoms with Crippen LogP contribution < -0.4 is 5.32 Å². The Kier molecular flexibility index (Phi) is 3.00. The molecule has 21 heavy (non-hydrogen) atoms. The quantitative estimate of drug-likeness (QED) is 0.894. The smallest absolute Gasteiger partial charge is 0.280 e. The molecule has 1 aliphatic heterocycles. The van der Waals surface area contributed by atoms with E-state index in [1.807, 2.05) is 10.9 Å². The summed E-state index contributed by atoms with van der Waals surface area (Å²) in [6, 6.07) is 0.369. The Hall–Kier alpha value is -1.80. The lowest BCUT2D eigenvalue weighted by molar-refractivity contribution is -0.0178. The van der Waals surface area contributed by atoms with Crippen molar-refractivity contribution in [3.05, 3.63) is 12.0 Å². The number of ether oxygens (including phenoxy) is 1. The molecule has 1 saturated carbocycles. The molecule has 0 aromatic carbocycles. The van der Waals surface area contributed by atoms with Crippen LogP contribution >= 0.6 is 0 Å². The molecule has 2 fully saturated rings. The van der Waals surface area contributed by atoms with Crippen molar-refractivity contribution in [3.8, 4) is 11.6 Å². The molecule has 8 heteroatoms. The maximum absolute atomic E-state index is 5.67. The highest BCUT2D eigenvalue weighted by molar-refractivity contribution is 5.43. The molecule has 4 rings (SSSR count). The molecule has 2 aliphatic rings. The summed E-state index contributed by atoms with van der Waals surface area (Å²) in [5, 5.41) is 15.6. The van der Waals surface area contributed by atoms with Crippen molar-refractivity contribution in [2.45, 2.75) is 37.3 Å².